The van der Waals surface area contributed by atoms with Crippen LogP contribution in [0.5, 0.6) is 5.75 Å². The number of piperidine rings is 1. The number of nitrogens with one attached hydrogen (secondary N) is 2. The molecule has 4 nitrogen and oxygen atoms in total. The van der Waals surface area contributed by atoms with E-state index in [2.05, 4.69) is 27.5 Å². The topological polar surface area (TPSA) is 42.5 Å². The highest BCUT2D eigenvalue weighted by Crippen LogP contribution is 2.50. The summed E-state index contributed by atoms with van der Waals surface area (Å²) in [5.74, 6) is -0.325. The molecule has 2 N–H and O–H groups in total. The molecule has 2 fully saturated rings. The van der Waals surface area contributed by atoms with Gasteiger partial charge in [0.15, 0.2) is 0 Å². The van der Waals surface area contributed by atoms with E-state index in [-0.39, 0.29) is 17.7 Å². The molecule has 0 amide bonds. The largest absolute Gasteiger partial charge is 0.573 e. The monoisotopic (exact) mass is 406 g/mol. The van der Waals surface area contributed by atoms with Crippen LogP contribution in [0.4, 0.5) is 18.9 Å². The third-order valence-corrected chi connectivity index (χ3v) is 5.91. The second-order valence-electron chi connectivity index (χ2n) is 7.73. The van der Waals surface area contributed by atoms with Gasteiger partial charge in [-0.2, -0.15) is 0 Å². The molecule has 1 spiro atoms. The smallest absolute Gasteiger partial charge is 0.405 e. The highest BCUT2D eigenvalue weighted by molar-refractivity contribution is 5.52. The molecule has 2 saturated heterocycles. The van der Waals surface area contributed by atoms with Gasteiger partial charge in [0, 0.05) is 24.2 Å². The van der Waals surface area contributed by atoms with Crippen molar-refractivity contribution in [2.45, 2.75) is 43.2 Å². The third-order valence-electron chi connectivity index (χ3n) is 5.91. The molecule has 3 atom stereocenters. The highest BCUT2D eigenvalue weighted by Gasteiger charge is 2.49. The van der Waals surface area contributed by atoms with E-state index in [1.54, 1.807) is 19.2 Å². The fraction of sp³-hybridized carbons (Fsp3) is 0.455. The summed E-state index contributed by atoms with van der Waals surface area (Å²) in [4.78, 5) is 0. The van der Waals surface area contributed by atoms with E-state index < -0.39 is 12.0 Å². The lowest BCUT2D eigenvalue weighted by atomic mass is 9.77. The van der Waals surface area contributed by atoms with Crippen molar-refractivity contribution < 1.29 is 22.6 Å². The van der Waals surface area contributed by atoms with Gasteiger partial charge in [0.25, 0.3) is 0 Å². The van der Waals surface area contributed by atoms with E-state index in [0.29, 0.717) is 18.6 Å². The Morgan fingerprint density at radius 2 is 1.97 bits per heavy atom. The predicted octanol–water partition coefficient (Wildman–Crippen LogP) is 4.99. The number of alkyl halides is 3. The number of ether oxygens (including phenoxy) is 2. The Labute approximate surface area is 168 Å². The van der Waals surface area contributed by atoms with Crippen LogP contribution in [0, 0.1) is 0 Å². The molecule has 0 aromatic heterocycles. The summed E-state index contributed by atoms with van der Waals surface area (Å²) < 4.78 is 49.5. The maximum atomic E-state index is 12.9. The Morgan fingerprint density at radius 3 is 2.69 bits per heavy atom. The molecule has 0 radical (unpaired) electrons. The van der Waals surface area contributed by atoms with Crippen molar-refractivity contribution in [2.24, 2.45) is 0 Å². The average molecular weight is 406 g/mol. The van der Waals surface area contributed by atoms with Gasteiger partial charge < -0.3 is 20.1 Å². The first-order chi connectivity index (χ1) is 13.9. The second kappa shape index (κ2) is 7.88. The molecule has 2 aliphatic rings. The summed E-state index contributed by atoms with van der Waals surface area (Å²) in [6.45, 7) is 1.26. The quantitative estimate of drug-likeness (QED) is 0.750. The lowest BCUT2D eigenvalue weighted by Gasteiger charge is -2.41. The fourth-order valence-corrected chi connectivity index (χ4v) is 4.65. The van der Waals surface area contributed by atoms with E-state index >= 15 is 0 Å². The molecule has 2 heterocycles. The fourth-order valence-electron chi connectivity index (χ4n) is 4.65. The molecule has 0 saturated carbocycles. The van der Waals surface area contributed by atoms with Crippen LogP contribution in [0.25, 0.3) is 0 Å². The lowest BCUT2D eigenvalue weighted by Crippen LogP contribution is -2.48. The minimum Gasteiger partial charge on any atom is -0.405 e. The Kier molecular flexibility index (Phi) is 5.44. The van der Waals surface area contributed by atoms with Gasteiger partial charge in [-0.15, -0.1) is 13.2 Å². The maximum absolute atomic E-state index is 12.9. The summed E-state index contributed by atoms with van der Waals surface area (Å²) in [6.07, 6.45) is -2.25. The zero-order chi connectivity index (χ0) is 20.5. The van der Waals surface area contributed by atoms with Crippen LogP contribution in [0.15, 0.2) is 48.5 Å². The molecule has 0 aliphatic carbocycles. The van der Waals surface area contributed by atoms with E-state index in [0.717, 1.165) is 30.6 Å². The van der Waals surface area contributed by atoms with Gasteiger partial charge in [0.05, 0.1) is 18.2 Å². The predicted molar refractivity (Wildman–Crippen MR) is 105 cm³/mol. The first-order valence-electron chi connectivity index (χ1n) is 9.90. The molecule has 1 unspecified atom stereocenters. The average Bonchev–Trinajstić information content (AvgIpc) is 3.12. The van der Waals surface area contributed by atoms with Crippen LogP contribution in [-0.2, 0) is 4.74 Å². The standard InChI is InChI=1S/C22H25F3N2O2/c1-26-17-8-9-19(29-22(23,24)25)18(12-17)16-13-21(28-14-16)10-5-11-27-20(21)15-6-3-2-4-7-15/h2-4,6-9,12,16,20,26-27H,5,10-11,13-14H2,1H3/t16?,20-,21+/m0/s1. The van der Waals surface area contributed by atoms with Crippen molar-refractivity contribution in [2.75, 3.05) is 25.5 Å². The van der Waals surface area contributed by atoms with Crippen LogP contribution >= 0.6 is 0 Å². The molecule has 2 aliphatic heterocycles. The normalized spacial score (nSPS) is 27.2. The van der Waals surface area contributed by atoms with Crippen LogP contribution in [-0.4, -0.2) is 32.2 Å². The molecular weight excluding hydrogens is 381 g/mol. The van der Waals surface area contributed by atoms with E-state index in [1.807, 2.05) is 18.2 Å². The third kappa shape index (κ3) is 4.21. The summed E-state index contributed by atoms with van der Waals surface area (Å²) in [6, 6.07) is 14.8. The number of halogens is 3. The molecule has 4 rings (SSSR count). The van der Waals surface area contributed by atoms with Gasteiger partial charge in [-0.1, -0.05) is 30.3 Å². The Hall–Kier alpha value is -2.25. The van der Waals surface area contributed by atoms with Gasteiger partial charge >= 0.3 is 6.36 Å². The summed E-state index contributed by atoms with van der Waals surface area (Å²) in [7, 11) is 1.74. The lowest BCUT2D eigenvalue weighted by molar-refractivity contribution is -0.275. The molecule has 7 heteroatoms. The number of benzene rings is 2. The number of hydrogen-bond donors (Lipinski definition) is 2. The van der Waals surface area contributed by atoms with Crippen LogP contribution in [0.3, 0.4) is 0 Å². The van der Waals surface area contributed by atoms with Crippen molar-refractivity contribution in [1.82, 2.24) is 5.32 Å². The van der Waals surface area contributed by atoms with E-state index in [1.165, 1.54) is 6.07 Å². The highest BCUT2D eigenvalue weighted by atomic mass is 19.4. The van der Waals surface area contributed by atoms with Crippen molar-refractivity contribution in [3.8, 4) is 5.75 Å². The van der Waals surface area contributed by atoms with Gasteiger partial charge in [-0.25, -0.2) is 0 Å². The van der Waals surface area contributed by atoms with Crippen molar-refractivity contribution in [3.05, 3.63) is 59.7 Å². The van der Waals surface area contributed by atoms with E-state index in [4.69, 9.17) is 4.74 Å². The SMILES string of the molecule is CNc1ccc(OC(F)(F)F)c(C2CO[C@]3(CCCN[C@H]3c3ccccc3)C2)c1. The van der Waals surface area contributed by atoms with Crippen LogP contribution in [0.1, 0.15) is 42.3 Å². The molecule has 0 bridgehead atoms. The van der Waals surface area contributed by atoms with Crippen molar-refractivity contribution in [1.29, 1.82) is 0 Å². The Bertz CT molecular complexity index is 844. The Balaban J connectivity index is 1.65. The number of anilines is 1. The summed E-state index contributed by atoms with van der Waals surface area (Å²) in [5, 5.41) is 6.56. The van der Waals surface area contributed by atoms with Crippen molar-refractivity contribution in [3.63, 3.8) is 0 Å². The van der Waals surface area contributed by atoms with Gasteiger partial charge in [0.1, 0.15) is 5.75 Å². The summed E-state index contributed by atoms with van der Waals surface area (Å²) in [5.41, 5.74) is 1.99. The number of rotatable bonds is 4. The molecule has 156 valence electrons. The maximum Gasteiger partial charge on any atom is 0.573 e. The van der Waals surface area contributed by atoms with Gasteiger partial charge in [0.2, 0.25) is 0 Å². The van der Waals surface area contributed by atoms with Crippen LogP contribution < -0.4 is 15.4 Å². The first kappa shape index (κ1) is 20.0. The zero-order valence-electron chi connectivity index (χ0n) is 16.3. The molecule has 29 heavy (non-hydrogen) atoms. The van der Waals surface area contributed by atoms with Crippen LogP contribution in [0.2, 0.25) is 0 Å². The minimum absolute atomic E-state index is 0.0157. The summed E-state index contributed by atoms with van der Waals surface area (Å²) >= 11 is 0. The van der Waals surface area contributed by atoms with Gasteiger partial charge in [-0.3, -0.25) is 0 Å². The zero-order valence-corrected chi connectivity index (χ0v) is 16.3. The molecular formula is C22H25F3N2O2. The molecule has 2 aromatic rings. The minimum atomic E-state index is -4.73. The molecule has 2 aromatic carbocycles. The first-order valence-corrected chi connectivity index (χ1v) is 9.90. The second-order valence-corrected chi connectivity index (χ2v) is 7.73. The van der Waals surface area contributed by atoms with E-state index in [9.17, 15) is 13.2 Å². The van der Waals surface area contributed by atoms with Crippen molar-refractivity contribution >= 4 is 5.69 Å². The van der Waals surface area contributed by atoms with Gasteiger partial charge in [-0.05, 0) is 49.6 Å². The number of hydrogen-bond acceptors (Lipinski definition) is 4. The Morgan fingerprint density at radius 1 is 1.17 bits per heavy atom.